The van der Waals surface area contributed by atoms with Gasteiger partial charge in [0.2, 0.25) is 0 Å². The highest BCUT2D eigenvalue weighted by Gasteiger charge is 2.22. The minimum atomic E-state index is -0.248. The second-order valence-electron chi connectivity index (χ2n) is 4.72. The number of likely N-dealkylation sites (N-methyl/N-ethyl adjacent to an activating group) is 2. The van der Waals surface area contributed by atoms with Crippen LogP contribution in [0.1, 0.15) is 5.82 Å². The molecule has 1 saturated heterocycles. The largest absolute Gasteiger partial charge is 0.393 e. The summed E-state index contributed by atoms with van der Waals surface area (Å²) in [4.78, 5) is 22.9. The van der Waals surface area contributed by atoms with E-state index in [9.17, 15) is 4.79 Å². The third-order valence-electron chi connectivity index (χ3n) is 3.29. The first-order valence-electron chi connectivity index (χ1n) is 5.78. The van der Waals surface area contributed by atoms with Gasteiger partial charge in [0.05, 0.1) is 6.20 Å². The topological polar surface area (TPSA) is 78.2 Å². The summed E-state index contributed by atoms with van der Waals surface area (Å²) < 4.78 is 0. The summed E-state index contributed by atoms with van der Waals surface area (Å²) in [7, 11) is 4.21. The zero-order chi connectivity index (χ0) is 12.4. The Balaban J connectivity index is 2.08. The number of nitrogens with one attached hydrogen (secondary N) is 1. The van der Waals surface area contributed by atoms with Crippen molar-refractivity contribution in [2.24, 2.45) is 0 Å². The summed E-state index contributed by atoms with van der Waals surface area (Å²) >= 11 is 0. The van der Waals surface area contributed by atoms with Crippen LogP contribution in [-0.2, 0) is 6.42 Å². The highest BCUT2D eigenvalue weighted by atomic mass is 16.1. The lowest BCUT2D eigenvalue weighted by atomic mass is 10.1. The van der Waals surface area contributed by atoms with E-state index in [2.05, 4.69) is 33.9 Å². The second kappa shape index (κ2) is 4.85. The molecule has 1 aromatic rings. The molecule has 0 aromatic carbocycles. The van der Waals surface area contributed by atoms with Gasteiger partial charge in [-0.15, -0.1) is 0 Å². The quantitative estimate of drug-likeness (QED) is 0.700. The standard InChI is InChI=1S/C11H19N5O/c1-15-3-4-16(2)8(7-15)5-10-13-6-9(12)11(17)14-10/h6,8H,3-5,7,12H2,1-2H3,(H,13,14,17). The Labute approximate surface area is 100 Å². The lowest BCUT2D eigenvalue weighted by Crippen LogP contribution is -2.51. The molecule has 2 heterocycles. The van der Waals surface area contributed by atoms with Crippen LogP contribution >= 0.6 is 0 Å². The third kappa shape index (κ3) is 2.83. The van der Waals surface area contributed by atoms with E-state index >= 15 is 0 Å². The van der Waals surface area contributed by atoms with Crippen molar-refractivity contribution in [2.45, 2.75) is 12.5 Å². The van der Waals surface area contributed by atoms with E-state index in [-0.39, 0.29) is 11.2 Å². The summed E-state index contributed by atoms with van der Waals surface area (Å²) in [5, 5.41) is 0. The Bertz CT molecular complexity index is 444. The molecule has 1 fully saturated rings. The number of aromatic nitrogens is 2. The van der Waals surface area contributed by atoms with Crippen LogP contribution in [0.25, 0.3) is 0 Å². The summed E-state index contributed by atoms with van der Waals surface area (Å²) in [5.41, 5.74) is 5.37. The number of anilines is 1. The van der Waals surface area contributed by atoms with Crippen LogP contribution in [0.5, 0.6) is 0 Å². The van der Waals surface area contributed by atoms with E-state index < -0.39 is 0 Å². The zero-order valence-corrected chi connectivity index (χ0v) is 10.3. The van der Waals surface area contributed by atoms with Gasteiger partial charge in [-0.25, -0.2) is 4.98 Å². The first kappa shape index (κ1) is 12.1. The summed E-state index contributed by atoms with van der Waals surface area (Å²) in [5.74, 6) is 0.705. The maximum atomic E-state index is 11.4. The maximum absolute atomic E-state index is 11.4. The fraction of sp³-hybridized carbons (Fsp3) is 0.636. The van der Waals surface area contributed by atoms with Crippen molar-refractivity contribution in [3.63, 3.8) is 0 Å². The van der Waals surface area contributed by atoms with Crippen LogP contribution in [-0.4, -0.2) is 59.5 Å². The molecule has 0 aliphatic carbocycles. The smallest absolute Gasteiger partial charge is 0.274 e. The maximum Gasteiger partial charge on any atom is 0.274 e. The molecule has 6 nitrogen and oxygen atoms in total. The number of H-pyrrole nitrogens is 1. The molecule has 1 aliphatic heterocycles. The molecule has 0 spiro atoms. The second-order valence-corrected chi connectivity index (χ2v) is 4.72. The fourth-order valence-corrected chi connectivity index (χ4v) is 2.09. The van der Waals surface area contributed by atoms with Gasteiger partial charge in [0.1, 0.15) is 11.5 Å². The van der Waals surface area contributed by atoms with Gasteiger partial charge < -0.3 is 20.5 Å². The molecule has 1 atom stereocenters. The number of nitrogen functional groups attached to an aromatic ring is 1. The van der Waals surface area contributed by atoms with Crippen LogP contribution in [0.15, 0.2) is 11.0 Å². The van der Waals surface area contributed by atoms with Crippen LogP contribution in [0, 0.1) is 0 Å². The van der Waals surface area contributed by atoms with E-state index in [1.165, 1.54) is 6.20 Å². The zero-order valence-electron chi connectivity index (χ0n) is 10.3. The van der Waals surface area contributed by atoms with Crippen molar-refractivity contribution in [3.8, 4) is 0 Å². The normalized spacial score (nSPS) is 22.8. The van der Waals surface area contributed by atoms with Gasteiger partial charge in [0.25, 0.3) is 5.56 Å². The van der Waals surface area contributed by atoms with Gasteiger partial charge in [0.15, 0.2) is 0 Å². The Morgan fingerprint density at radius 2 is 2.29 bits per heavy atom. The van der Waals surface area contributed by atoms with Gasteiger partial charge in [-0.3, -0.25) is 4.79 Å². The van der Waals surface area contributed by atoms with Gasteiger partial charge in [0, 0.05) is 32.1 Å². The van der Waals surface area contributed by atoms with Crippen LogP contribution in [0.2, 0.25) is 0 Å². The lowest BCUT2D eigenvalue weighted by molar-refractivity contribution is 0.113. The van der Waals surface area contributed by atoms with E-state index in [0.29, 0.717) is 11.9 Å². The molecular weight excluding hydrogens is 218 g/mol. The first-order valence-corrected chi connectivity index (χ1v) is 5.78. The SMILES string of the molecule is CN1CCN(C)C(Cc2ncc(N)c(=O)[nH]2)C1. The number of hydrogen-bond acceptors (Lipinski definition) is 5. The average Bonchev–Trinajstić information content (AvgIpc) is 2.29. The monoisotopic (exact) mass is 237 g/mol. The van der Waals surface area contributed by atoms with Crippen molar-refractivity contribution >= 4 is 5.69 Å². The Kier molecular flexibility index (Phi) is 3.44. The molecule has 0 bridgehead atoms. The van der Waals surface area contributed by atoms with E-state index in [1.54, 1.807) is 0 Å². The predicted molar refractivity (Wildman–Crippen MR) is 66.9 cm³/mol. The Morgan fingerprint density at radius 3 is 3.00 bits per heavy atom. The highest BCUT2D eigenvalue weighted by Crippen LogP contribution is 2.09. The molecule has 2 rings (SSSR count). The minimum absolute atomic E-state index is 0.169. The number of aromatic amines is 1. The predicted octanol–water partition coefficient (Wildman–Crippen LogP) is -0.860. The van der Waals surface area contributed by atoms with E-state index in [0.717, 1.165) is 26.1 Å². The number of piperazine rings is 1. The van der Waals surface area contributed by atoms with Crippen molar-refractivity contribution in [2.75, 3.05) is 39.5 Å². The number of rotatable bonds is 2. The Morgan fingerprint density at radius 1 is 1.53 bits per heavy atom. The molecule has 1 unspecified atom stereocenters. The molecule has 1 aliphatic rings. The van der Waals surface area contributed by atoms with Gasteiger partial charge in [-0.2, -0.15) is 0 Å². The molecular formula is C11H19N5O. The molecule has 17 heavy (non-hydrogen) atoms. The van der Waals surface area contributed by atoms with E-state index in [4.69, 9.17) is 5.73 Å². The van der Waals surface area contributed by atoms with E-state index in [1.807, 2.05) is 0 Å². The van der Waals surface area contributed by atoms with Crippen LogP contribution < -0.4 is 11.3 Å². The molecule has 6 heteroatoms. The van der Waals surface area contributed by atoms with Gasteiger partial charge in [-0.1, -0.05) is 0 Å². The van der Waals surface area contributed by atoms with Crippen molar-refractivity contribution < 1.29 is 0 Å². The molecule has 3 N–H and O–H groups in total. The first-order chi connectivity index (χ1) is 8.06. The number of hydrogen-bond donors (Lipinski definition) is 2. The molecule has 0 amide bonds. The van der Waals surface area contributed by atoms with Crippen LogP contribution in [0.4, 0.5) is 5.69 Å². The average molecular weight is 237 g/mol. The summed E-state index contributed by atoms with van der Waals surface area (Å²) in [6.45, 7) is 3.11. The number of nitrogens with zero attached hydrogens (tertiary/aromatic N) is 3. The molecule has 0 saturated carbocycles. The Hall–Kier alpha value is -1.40. The molecule has 1 aromatic heterocycles. The van der Waals surface area contributed by atoms with Crippen molar-refractivity contribution in [3.05, 3.63) is 22.4 Å². The van der Waals surface area contributed by atoms with Crippen LogP contribution in [0.3, 0.4) is 0 Å². The third-order valence-corrected chi connectivity index (χ3v) is 3.29. The number of nitrogens with two attached hydrogens (primary N) is 1. The minimum Gasteiger partial charge on any atom is -0.393 e. The fourth-order valence-electron chi connectivity index (χ4n) is 2.09. The van der Waals surface area contributed by atoms with Gasteiger partial charge >= 0.3 is 0 Å². The summed E-state index contributed by atoms with van der Waals surface area (Å²) in [6.07, 6.45) is 2.18. The van der Waals surface area contributed by atoms with Crippen molar-refractivity contribution in [1.82, 2.24) is 19.8 Å². The highest BCUT2D eigenvalue weighted by molar-refractivity contribution is 5.30. The molecule has 94 valence electrons. The summed E-state index contributed by atoms with van der Waals surface area (Å²) in [6, 6.07) is 0.389. The van der Waals surface area contributed by atoms with Crippen molar-refractivity contribution in [1.29, 1.82) is 0 Å². The lowest BCUT2D eigenvalue weighted by Gasteiger charge is -2.37. The molecule has 0 radical (unpaired) electrons. The van der Waals surface area contributed by atoms with Gasteiger partial charge in [-0.05, 0) is 14.1 Å².